The van der Waals surface area contributed by atoms with Gasteiger partial charge in [0.1, 0.15) is 5.75 Å². The predicted octanol–water partition coefficient (Wildman–Crippen LogP) is 2.29. The van der Waals surface area contributed by atoms with Crippen molar-refractivity contribution >= 4 is 15.9 Å². The van der Waals surface area contributed by atoms with E-state index in [1.165, 1.54) is 6.07 Å². The van der Waals surface area contributed by atoms with Crippen LogP contribution in [0.2, 0.25) is 0 Å². The Kier molecular flexibility index (Phi) is 3.44. The second kappa shape index (κ2) is 4.23. The number of nitrogens with two attached hydrogens (primary N) is 1. The molecule has 5 heteroatoms. The summed E-state index contributed by atoms with van der Waals surface area (Å²) in [5.74, 6) is -3.13. The van der Waals surface area contributed by atoms with Gasteiger partial charge >= 0.3 is 0 Å². The molecule has 0 spiro atoms. The van der Waals surface area contributed by atoms with Crippen LogP contribution in [0.4, 0.5) is 8.78 Å². The molecular weight excluding hydrogens is 256 g/mol. The van der Waals surface area contributed by atoms with Crippen molar-refractivity contribution in [1.82, 2.24) is 0 Å². The van der Waals surface area contributed by atoms with E-state index in [-0.39, 0.29) is 11.3 Å². The van der Waals surface area contributed by atoms with Gasteiger partial charge < -0.3 is 10.8 Å². The van der Waals surface area contributed by atoms with Crippen molar-refractivity contribution in [3.63, 3.8) is 0 Å². The van der Waals surface area contributed by atoms with Gasteiger partial charge in [0, 0.05) is 16.5 Å². The second-order valence-corrected chi connectivity index (χ2v) is 3.83. The van der Waals surface area contributed by atoms with Gasteiger partial charge in [-0.15, -0.1) is 0 Å². The fraction of sp³-hybridized carbons (Fsp3) is 0.333. The third-order valence-electron chi connectivity index (χ3n) is 1.83. The molecule has 0 bridgehead atoms. The molecule has 0 atom stereocenters. The maximum absolute atomic E-state index is 12.9. The molecule has 0 unspecified atom stereocenters. The third kappa shape index (κ3) is 2.65. The van der Waals surface area contributed by atoms with Gasteiger partial charge in [0.2, 0.25) is 0 Å². The lowest BCUT2D eigenvalue weighted by Crippen LogP contribution is -2.30. The minimum Gasteiger partial charge on any atom is -0.508 e. The maximum atomic E-state index is 12.9. The summed E-state index contributed by atoms with van der Waals surface area (Å²) in [4.78, 5) is 0. The Morgan fingerprint density at radius 2 is 2.07 bits per heavy atom. The van der Waals surface area contributed by atoms with Crippen molar-refractivity contribution in [3.8, 4) is 5.75 Å². The molecule has 3 N–H and O–H groups in total. The zero-order chi connectivity index (χ0) is 10.8. The van der Waals surface area contributed by atoms with Gasteiger partial charge in [-0.3, -0.25) is 0 Å². The first-order valence-corrected chi connectivity index (χ1v) is 4.80. The van der Waals surface area contributed by atoms with Gasteiger partial charge in [0.25, 0.3) is 5.92 Å². The molecule has 0 radical (unpaired) electrons. The van der Waals surface area contributed by atoms with E-state index < -0.39 is 18.9 Å². The SMILES string of the molecule is NCC(F)(F)Cc1c(O)cccc1Br. The van der Waals surface area contributed by atoms with Crippen molar-refractivity contribution in [2.45, 2.75) is 12.3 Å². The second-order valence-electron chi connectivity index (χ2n) is 2.97. The Morgan fingerprint density at radius 1 is 1.43 bits per heavy atom. The zero-order valence-corrected chi connectivity index (χ0v) is 8.89. The lowest BCUT2D eigenvalue weighted by Gasteiger charge is -2.15. The first kappa shape index (κ1) is 11.4. The molecule has 78 valence electrons. The Labute approximate surface area is 88.9 Å². The maximum Gasteiger partial charge on any atom is 0.264 e. The van der Waals surface area contributed by atoms with E-state index in [0.717, 1.165) is 0 Å². The zero-order valence-electron chi connectivity index (χ0n) is 7.30. The molecule has 0 aliphatic heterocycles. The van der Waals surface area contributed by atoms with E-state index in [9.17, 15) is 13.9 Å². The van der Waals surface area contributed by atoms with Crippen LogP contribution < -0.4 is 5.73 Å². The molecule has 0 aliphatic rings. The van der Waals surface area contributed by atoms with E-state index in [2.05, 4.69) is 15.9 Å². The highest BCUT2D eigenvalue weighted by molar-refractivity contribution is 9.10. The minimum atomic E-state index is -2.98. The van der Waals surface area contributed by atoms with Crippen LogP contribution >= 0.6 is 15.9 Å². The molecule has 1 aromatic carbocycles. The van der Waals surface area contributed by atoms with Crippen LogP contribution in [0, 0.1) is 0 Å². The van der Waals surface area contributed by atoms with Crippen molar-refractivity contribution in [2.24, 2.45) is 5.73 Å². The number of phenolic OH excluding ortho intramolecular Hbond substituents is 1. The molecule has 0 aromatic heterocycles. The van der Waals surface area contributed by atoms with Gasteiger partial charge in [-0.2, -0.15) is 0 Å². The molecule has 0 aliphatic carbocycles. The summed E-state index contributed by atoms with van der Waals surface area (Å²) < 4.78 is 26.3. The highest BCUT2D eigenvalue weighted by Crippen LogP contribution is 2.30. The number of hydrogen-bond donors (Lipinski definition) is 2. The number of alkyl halides is 2. The van der Waals surface area contributed by atoms with Crippen LogP contribution in [0.1, 0.15) is 5.56 Å². The van der Waals surface area contributed by atoms with Crippen molar-refractivity contribution in [1.29, 1.82) is 0 Å². The molecule has 0 saturated heterocycles. The van der Waals surface area contributed by atoms with Crippen LogP contribution in [0.3, 0.4) is 0 Å². The van der Waals surface area contributed by atoms with Gasteiger partial charge in [-0.25, -0.2) is 8.78 Å². The highest BCUT2D eigenvalue weighted by Gasteiger charge is 2.29. The number of halogens is 3. The number of phenols is 1. The fourth-order valence-electron chi connectivity index (χ4n) is 1.05. The largest absolute Gasteiger partial charge is 0.508 e. The molecule has 14 heavy (non-hydrogen) atoms. The van der Waals surface area contributed by atoms with Crippen LogP contribution in [0.25, 0.3) is 0 Å². The van der Waals surface area contributed by atoms with Crippen LogP contribution in [0.15, 0.2) is 22.7 Å². The van der Waals surface area contributed by atoms with E-state index in [1.54, 1.807) is 12.1 Å². The molecule has 0 saturated carbocycles. The minimum absolute atomic E-state index is 0.146. The van der Waals surface area contributed by atoms with Crippen LogP contribution in [-0.2, 0) is 6.42 Å². The molecule has 1 aromatic rings. The van der Waals surface area contributed by atoms with Gasteiger partial charge in [-0.1, -0.05) is 22.0 Å². The van der Waals surface area contributed by atoms with E-state index >= 15 is 0 Å². The van der Waals surface area contributed by atoms with Crippen molar-refractivity contribution < 1.29 is 13.9 Å². The van der Waals surface area contributed by atoms with Gasteiger partial charge in [-0.05, 0) is 12.1 Å². The quantitative estimate of drug-likeness (QED) is 0.881. The monoisotopic (exact) mass is 265 g/mol. The normalized spacial score (nSPS) is 11.7. The van der Waals surface area contributed by atoms with Gasteiger partial charge in [0.15, 0.2) is 0 Å². The predicted molar refractivity (Wildman–Crippen MR) is 53.5 cm³/mol. The Morgan fingerprint density at radius 3 is 2.57 bits per heavy atom. The lowest BCUT2D eigenvalue weighted by molar-refractivity contribution is 0.0108. The molecule has 1 rings (SSSR count). The average Bonchev–Trinajstić information content (AvgIpc) is 2.12. The van der Waals surface area contributed by atoms with E-state index in [4.69, 9.17) is 5.73 Å². The van der Waals surface area contributed by atoms with Crippen molar-refractivity contribution in [2.75, 3.05) is 6.54 Å². The summed E-state index contributed by atoms with van der Waals surface area (Å²) in [6.07, 6.45) is -0.559. The fourth-order valence-corrected chi connectivity index (χ4v) is 1.55. The molecule has 0 fully saturated rings. The average molecular weight is 266 g/mol. The van der Waals surface area contributed by atoms with E-state index in [1.807, 2.05) is 0 Å². The summed E-state index contributed by atoms with van der Waals surface area (Å²) in [6, 6.07) is 4.54. The molecule has 2 nitrogen and oxygen atoms in total. The summed E-state index contributed by atoms with van der Waals surface area (Å²) >= 11 is 3.09. The Balaban J connectivity index is 2.97. The first-order valence-electron chi connectivity index (χ1n) is 4.00. The third-order valence-corrected chi connectivity index (χ3v) is 2.57. The number of hydrogen-bond acceptors (Lipinski definition) is 2. The number of aromatic hydroxyl groups is 1. The summed E-state index contributed by atoms with van der Waals surface area (Å²) in [7, 11) is 0. The van der Waals surface area contributed by atoms with Crippen LogP contribution in [0.5, 0.6) is 5.75 Å². The Bertz CT molecular complexity index is 310. The first-order chi connectivity index (χ1) is 6.46. The summed E-state index contributed by atoms with van der Waals surface area (Å²) in [6.45, 7) is -0.728. The Hall–Kier alpha value is -0.680. The smallest absolute Gasteiger partial charge is 0.264 e. The van der Waals surface area contributed by atoms with Gasteiger partial charge in [0.05, 0.1) is 6.54 Å². The lowest BCUT2D eigenvalue weighted by atomic mass is 10.1. The standard InChI is InChI=1S/C9H10BrF2NO/c10-7-2-1-3-8(14)6(7)4-9(11,12)5-13/h1-3,14H,4-5,13H2. The van der Waals surface area contributed by atoms with Crippen molar-refractivity contribution in [3.05, 3.63) is 28.2 Å². The topological polar surface area (TPSA) is 46.2 Å². The van der Waals surface area contributed by atoms with E-state index in [0.29, 0.717) is 4.47 Å². The summed E-state index contributed by atoms with van der Waals surface area (Å²) in [5, 5.41) is 9.35. The molecule has 0 heterocycles. The summed E-state index contributed by atoms with van der Waals surface area (Å²) in [5.41, 5.74) is 5.09. The number of rotatable bonds is 3. The highest BCUT2D eigenvalue weighted by atomic mass is 79.9. The molecule has 0 amide bonds. The number of benzene rings is 1. The van der Waals surface area contributed by atoms with Crippen LogP contribution in [-0.4, -0.2) is 17.6 Å². The molecular formula is C9H10BrF2NO.